The molecule has 1 N–H and O–H groups in total. The molecular weight excluding hydrogens is 258 g/mol. The van der Waals surface area contributed by atoms with Gasteiger partial charge in [-0.25, -0.2) is 8.78 Å². The Morgan fingerprint density at radius 2 is 2.07 bits per heavy atom. The van der Waals surface area contributed by atoms with Crippen LogP contribution >= 0.6 is 15.9 Å². The number of aliphatic hydroxyl groups is 1. The molecule has 0 radical (unpaired) electrons. The van der Waals surface area contributed by atoms with E-state index in [1.54, 1.807) is 6.07 Å². The first-order valence-electron chi connectivity index (χ1n) is 3.96. The zero-order valence-electron chi connectivity index (χ0n) is 7.21. The van der Waals surface area contributed by atoms with Crippen molar-refractivity contribution in [3.63, 3.8) is 0 Å². The Balaban J connectivity index is 2.84. The number of halogens is 3. The maximum atomic E-state index is 12.3. The molecule has 0 amide bonds. The minimum atomic E-state index is -2.52. The fourth-order valence-electron chi connectivity index (χ4n) is 0.957. The molecule has 2 nitrogen and oxygen atoms in total. The summed E-state index contributed by atoms with van der Waals surface area (Å²) in [5, 5.41) is 8.49. The predicted octanol–water partition coefficient (Wildman–Crippen LogP) is 2.76. The summed E-state index contributed by atoms with van der Waals surface area (Å²) in [6.07, 6.45) is -2.52. The molecule has 0 aliphatic carbocycles. The minimum Gasteiger partial charge on any atom is -0.491 e. The van der Waals surface area contributed by atoms with Crippen molar-refractivity contribution in [2.75, 3.05) is 13.2 Å². The highest BCUT2D eigenvalue weighted by atomic mass is 79.9. The zero-order valence-corrected chi connectivity index (χ0v) is 8.80. The fraction of sp³-hybridized carbons (Fsp3) is 0.333. The summed E-state index contributed by atoms with van der Waals surface area (Å²) in [4.78, 5) is 0. The lowest BCUT2D eigenvalue weighted by Crippen LogP contribution is -2.02. The third-order valence-corrected chi connectivity index (χ3v) is 1.96. The van der Waals surface area contributed by atoms with Crippen molar-refractivity contribution in [2.24, 2.45) is 0 Å². The number of ether oxygens (including phenoxy) is 1. The molecule has 0 saturated carbocycles. The molecule has 1 aromatic rings. The number of benzene rings is 1. The largest absolute Gasteiger partial charge is 0.491 e. The van der Waals surface area contributed by atoms with E-state index in [9.17, 15) is 8.78 Å². The van der Waals surface area contributed by atoms with Gasteiger partial charge in [0.2, 0.25) is 0 Å². The van der Waals surface area contributed by atoms with E-state index in [1.165, 1.54) is 12.1 Å². The minimum absolute atomic E-state index is 0.0964. The van der Waals surface area contributed by atoms with E-state index < -0.39 is 6.43 Å². The van der Waals surface area contributed by atoms with Gasteiger partial charge in [-0.1, -0.05) is 15.9 Å². The molecule has 0 fully saturated rings. The van der Waals surface area contributed by atoms with Crippen LogP contribution in [0.15, 0.2) is 22.7 Å². The van der Waals surface area contributed by atoms with Crippen molar-refractivity contribution in [1.82, 2.24) is 0 Å². The first kappa shape index (κ1) is 11.4. The van der Waals surface area contributed by atoms with Crippen molar-refractivity contribution < 1.29 is 18.6 Å². The van der Waals surface area contributed by atoms with Crippen molar-refractivity contribution >= 4 is 15.9 Å². The summed E-state index contributed by atoms with van der Waals surface area (Å²) in [6, 6.07) is 4.16. The topological polar surface area (TPSA) is 29.5 Å². The second-order valence-corrected chi connectivity index (χ2v) is 3.51. The van der Waals surface area contributed by atoms with Gasteiger partial charge in [-0.2, -0.15) is 0 Å². The first-order valence-corrected chi connectivity index (χ1v) is 4.75. The highest BCUT2D eigenvalue weighted by Crippen LogP contribution is 2.27. The van der Waals surface area contributed by atoms with Crippen LogP contribution in [0.25, 0.3) is 0 Å². The van der Waals surface area contributed by atoms with Gasteiger partial charge >= 0.3 is 0 Å². The highest BCUT2D eigenvalue weighted by molar-refractivity contribution is 9.10. The molecule has 0 unspecified atom stereocenters. The number of hydrogen-bond donors (Lipinski definition) is 1. The van der Waals surface area contributed by atoms with Crippen LogP contribution < -0.4 is 4.74 Å². The Kier molecular flexibility index (Phi) is 4.28. The Morgan fingerprint density at radius 1 is 1.36 bits per heavy atom. The molecule has 14 heavy (non-hydrogen) atoms. The second-order valence-electron chi connectivity index (χ2n) is 2.59. The average molecular weight is 267 g/mol. The SMILES string of the molecule is OCCOc1cc(Br)cc(C(F)F)c1. The summed E-state index contributed by atoms with van der Waals surface area (Å²) in [5.41, 5.74) is -0.104. The van der Waals surface area contributed by atoms with Crippen molar-refractivity contribution in [1.29, 1.82) is 0 Å². The van der Waals surface area contributed by atoms with Gasteiger partial charge in [-0.3, -0.25) is 0 Å². The molecule has 78 valence electrons. The molecule has 5 heteroatoms. The van der Waals surface area contributed by atoms with Crippen molar-refractivity contribution in [3.05, 3.63) is 28.2 Å². The van der Waals surface area contributed by atoms with E-state index in [-0.39, 0.29) is 18.8 Å². The molecule has 0 spiro atoms. The van der Waals surface area contributed by atoms with E-state index in [0.29, 0.717) is 10.2 Å². The van der Waals surface area contributed by atoms with Gasteiger partial charge in [0, 0.05) is 10.0 Å². The van der Waals surface area contributed by atoms with Crippen LogP contribution in [0.2, 0.25) is 0 Å². The number of aliphatic hydroxyl groups excluding tert-OH is 1. The van der Waals surface area contributed by atoms with E-state index in [2.05, 4.69) is 15.9 Å². The van der Waals surface area contributed by atoms with Crippen molar-refractivity contribution in [2.45, 2.75) is 6.43 Å². The van der Waals surface area contributed by atoms with Gasteiger partial charge in [0.05, 0.1) is 6.61 Å². The summed E-state index contributed by atoms with van der Waals surface area (Å²) >= 11 is 3.10. The van der Waals surface area contributed by atoms with Gasteiger partial charge < -0.3 is 9.84 Å². The summed E-state index contributed by atoms with van der Waals surface area (Å²) in [6.45, 7) is -0.0460. The van der Waals surface area contributed by atoms with Crippen LogP contribution in [0.3, 0.4) is 0 Å². The van der Waals surface area contributed by atoms with Crippen LogP contribution in [-0.2, 0) is 0 Å². The number of rotatable bonds is 4. The third kappa shape index (κ3) is 3.23. The second kappa shape index (κ2) is 5.26. The zero-order chi connectivity index (χ0) is 10.6. The summed E-state index contributed by atoms with van der Waals surface area (Å²) < 4.78 is 30.2. The molecule has 0 aliphatic heterocycles. The van der Waals surface area contributed by atoms with Crippen molar-refractivity contribution in [3.8, 4) is 5.75 Å². The van der Waals surface area contributed by atoms with E-state index in [0.717, 1.165) is 0 Å². The van der Waals surface area contributed by atoms with E-state index in [4.69, 9.17) is 9.84 Å². The fourth-order valence-corrected chi connectivity index (χ4v) is 1.45. The van der Waals surface area contributed by atoms with Crippen LogP contribution in [0.1, 0.15) is 12.0 Å². The standard InChI is InChI=1S/C9H9BrF2O2/c10-7-3-6(9(11)12)4-8(5-7)14-2-1-13/h3-5,9,13H,1-2H2. The van der Waals surface area contributed by atoms with Crippen LogP contribution in [0, 0.1) is 0 Å². The van der Waals surface area contributed by atoms with Gasteiger partial charge in [0.25, 0.3) is 6.43 Å². The Bertz CT molecular complexity index is 305. The molecule has 0 heterocycles. The number of hydrogen-bond acceptors (Lipinski definition) is 2. The lowest BCUT2D eigenvalue weighted by Gasteiger charge is -2.07. The van der Waals surface area contributed by atoms with Crippen LogP contribution in [0.5, 0.6) is 5.75 Å². The van der Waals surface area contributed by atoms with Gasteiger partial charge in [0.1, 0.15) is 12.4 Å². The maximum Gasteiger partial charge on any atom is 0.264 e. The van der Waals surface area contributed by atoms with E-state index in [1.807, 2.05) is 0 Å². The van der Waals surface area contributed by atoms with Crippen LogP contribution in [-0.4, -0.2) is 18.3 Å². The Labute approximate surface area is 88.6 Å². The highest BCUT2D eigenvalue weighted by Gasteiger charge is 2.09. The van der Waals surface area contributed by atoms with Gasteiger partial charge in [0.15, 0.2) is 0 Å². The molecule has 0 saturated heterocycles. The molecule has 1 aromatic carbocycles. The maximum absolute atomic E-state index is 12.3. The lowest BCUT2D eigenvalue weighted by atomic mass is 10.2. The van der Waals surface area contributed by atoms with Crippen LogP contribution in [0.4, 0.5) is 8.78 Å². The average Bonchev–Trinajstić information content (AvgIpc) is 2.14. The molecule has 1 rings (SSSR count). The quantitative estimate of drug-likeness (QED) is 0.908. The molecule has 0 atom stereocenters. The summed E-state index contributed by atoms with van der Waals surface area (Å²) in [5.74, 6) is 0.323. The molecule has 0 aromatic heterocycles. The predicted molar refractivity (Wildman–Crippen MR) is 51.7 cm³/mol. The normalized spacial score (nSPS) is 10.6. The number of alkyl halides is 2. The third-order valence-electron chi connectivity index (χ3n) is 1.51. The van der Waals surface area contributed by atoms with Gasteiger partial charge in [-0.15, -0.1) is 0 Å². The Hall–Kier alpha value is -0.680. The Morgan fingerprint density at radius 3 is 2.64 bits per heavy atom. The monoisotopic (exact) mass is 266 g/mol. The molecule has 0 bridgehead atoms. The lowest BCUT2D eigenvalue weighted by molar-refractivity contribution is 0.150. The van der Waals surface area contributed by atoms with Gasteiger partial charge in [-0.05, 0) is 18.2 Å². The molecule has 0 aliphatic rings. The van der Waals surface area contributed by atoms with E-state index >= 15 is 0 Å². The summed E-state index contributed by atoms with van der Waals surface area (Å²) in [7, 11) is 0. The molecular formula is C9H9BrF2O2. The smallest absolute Gasteiger partial charge is 0.264 e. The first-order chi connectivity index (χ1) is 6.63.